The van der Waals surface area contributed by atoms with E-state index in [0.717, 1.165) is 0 Å². The van der Waals surface area contributed by atoms with E-state index in [9.17, 15) is 14.4 Å². The molecule has 2 heterocycles. The molecule has 2 aliphatic rings. The molecule has 208 valence electrons. The zero-order valence-corrected chi connectivity index (χ0v) is 23.7. The Morgan fingerprint density at radius 1 is 1.12 bits per heavy atom. The number of benzene rings is 3. The number of nitrogens with zero attached hydrogens (tertiary/aromatic N) is 1. The highest BCUT2D eigenvalue weighted by Gasteiger charge is 2.65. The number of rotatable bonds is 4. The Hall–Kier alpha value is -3.62. The van der Waals surface area contributed by atoms with Crippen molar-refractivity contribution >= 4 is 52.4 Å². The predicted molar refractivity (Wildman–Crippen MR) is 154 cm³/mol. The van der Waals surface area contributed by atoms with Gasteiger partial charge in [-0.1, -0.05) is 62.2 Å². The van der Waals surface area contributed by atoms with Gasteiger partial charge in [-0.15, -0.1) is 0 Å². The number of carbonyl (C=O) groups excluding carboxylic acids is 3. The van der Waals surface area contributed by atoms with Gasteiger partial charge in [-0.3, -0.25) is 9.59 Å². The second-order valence-electron chi connectivity index (χ2n) is 11.5. The molecule has 4 amide bonds. The summed E-state index contributed by atoms with van der Waals surface area (Å²) in [5.74, 6) is -1.98. The van der Waals surface area contributed by atoms with Crippen LogP contribution < -0.4 is 16.4 Å². The van der Waals surface area contributed by atoms with Gasteiger partial charge in [0.1, 0.15) is 11.2 Å². The average Bonchev–Trinajstić information content (AvgIpc) is 3.35. The number of urea groups is 1. The van der Waals surface area contributed by atoms with Crippen molar-refractivity contribution < 1.29 is 18.8 Å². The Morgan fingerprint density at radius 3 is 2.48 bits per heavy atom. The van der Waals surface area contributed by atoms with E-state index >= 15 is 4.39 Å². The lowest BCUT2D eigenvalue weighted by molar-refractivity contribution is -0.123. The lowest BCUT2D eigenvalue weighted by Gasteiger charge is -2.38. The number of primary amides is 1. The van der Waals surface area contributed by atoms with Crippen LogP contribution in [0.4, 0.5) is 20.6 Å². The van der Waals surface area contributed by atoms with Crippen LogP contribution in [0.5, 0.6) is 0 Å². The number of likely N-dealkylation sites (tertiary alicyclic amines) is 1. The Kier molecular flexibility index (Phi) is 7.04. The second kappa shape index (κ2) is 10.1. The molecular formula is C30H29Cl2FN4O3. The number of halogens is 3. The summed E-state index contributed by atoms with van der Waals surface area (Å²) < 4.78 is 15.8. The van der Waals surface area contributed by atoms with Gasteiger partial charge in [0.25, 0.3) is 0 Å². The van der Waals surface area contributed by atoms with E-state index in [1.165, 1.54) is 23.1 Å². The van der Waals surface area contributed by atoms with Crippen LogP contribution in [0.1, 0.15) is 54.7 Å². The lowest BCUT2D eigenvalue weighted by atomic mass is 9.63. The molecule has 3 aromatic rings. The van der Waals surface area contributed by atoms with Crippen molar-refractivity contribution in [1.82, 2.24) is 4.90 Å². The molecule has 0 aromatic heterocycles. The van der Waals surface area contributed by atoms with Crippen molar-refractivity contribution in [3.8, 4) is 0 Å². The Balaban J connectivity index is 1.69. The molecule has 0 bridgehead atoms. The van der Waals surface area contributed by atoms with E-state index in [0.29, 0.717) is 33.9 Å². The maximum atomic E-state index is 15.8. The number of fused-ring (bicyclic) bond motifs is 2. The lowest BCUT2D eigenvalue weighted by Crippen LogP contribution is -2.47. The number of nitrogens with one attached hydrogen (secondary N) is 2. The maximum absolute atomic E-state index is 15.8. The summed E-state index contributed by atoms with van der Waals surface area (Å²) in [7, 11) is 0. The molecule has 7 nitrogen and oxygen atoms in total. The number of carbonyl (C=O) groups is 3. The predicted octanol–water partition coefficient (Wildman–Crippen LogP) is 6.76. The van der Waals surface area contributed by atoms with E-state index < -0.39 is 29.2 Å². The molecule has 1 saturated heterocycles. The van der Waals surface area contributed by atoms with Crippen molar-refractivity contribution in [3.05, 3.63) is 93.2 Å². The fraction of sp³-hybridized carbons (Fsp3) is 0.300. The summed E-state index contributed by atoms with van der Waals surface area (Å²) >= 11 is 12.5. The Bertz CT molecular complexity index is 1520. The molecule has 3 atom stereocenters. The molecule has 0 saturated carbocycles. The van der Waals surface area contributed by atoms with Gasteiger partial charge in [-0.25, -0.2) is 9.18 Å². The summed E-state index contributed by atoms with van der Waals surface area (Å²) in [6, 6.07) is 14.3. The maximum Gasteiger partial charge on any atom is 0.322 e. The zero-order valence-electron chi connectivity index (χ0n) is 22.2. The van der Waals surface area contributed by atoms with Crippen LogP contribution in [-0.4, -0.2) is 29.3 Å². The minimum Gasteiger partial charge on any atom is -0.366 e. The summed E-state index contributed by atoms with van der Waals surface area (Å²) in [4.78, 5) is 41.1. The summed E-state index contributed by atoms with van der Waals surface area (Å²) in [6.07, 6.45) is 0.568. The first-order valence-corrected chi connectivity index (χ1v) is 13.6. The van der Waals surface area contributed by atoms with Crippen LogP contribution in [0.15, 0.2) is 60.7 Å². The summed E-state index contributed by atoms with van der Waals surface area (Å²) in [6.45, 7) is 6.37. The highest BCUT2D eigenvalue weighted by Crippen LogP contribution is 2.60. The van der Waals surface area contributed by atoms with Crippen molar-refractivity contribution in [2.45, 2.75) is 38.6 Å². The quantitative estimate of drug-likeness (QED) is 0.316. The molecule has 3 aromatic carbocycles. The van der Waals surface area contributed by atoms with Gasteiger partial charge in [0.2, 0.25) is 11.8 Å². The van der Waals surface area contributed by atoms with Crippen molar-refractivity contribution in [2.75, 3.05) is 17.2 Å². The molecule has 2 aliphatic heterocycles. The van der Waals surface area contributed by atoms with Gasteiger partial charge in [-0.2, -0.15) is 0 Å². The normalized spacial score (nSPS) is 21.9. The van der Waals surface area contributed by atoms with E-state index in [1.807, 2.05) is 0 Å². The zero-order chi connectivity index (χ0) is 29.0. The van der Waals surface area contributed by atoms with Crippen LogP contribution in [0.3, 0.4) is 0 Å². The molecule has 0 aliphatic carbocycles. The highest BCUT2D eigenvalue weighted by atomic mass is 35.5. The molecule has 4 N–H and O–H groups in total. The minimum atomic E-state index is -1.31. The molecule has 10 heteroatoms. The number of nitrogens with two attached hydrogens (primary N) is 1. The van der Waals surface area contributed by atoms with E-state index in [2.05, 4.69) is 31.4 Å². The number of hydrogen-bond donors (Lipinski definition) is 3. The Labute approximate surface area is 241 Å². The molecular weight excluding hydrogens is 554 g/mol. The van der Waals surface area contributed by atoms with Gasteiger partial charge >= 0.3 is 6.03 Å². The standard InChI is InChI=1S/C30H29Cl2FN4O3/c1-29(2,3)14-17-15-37(28(40)35-19-10-7-16(8-11-19)26(34)38)25(20-5-4-6-22(32)24(20)33)30(17)21-12-9-18(31)13-23(21)36-27(30)39/h4-13,17,25H,14-15H2,1-3H3,(H2,34,38)(H,35,40)(H,36,39)/t17-,25-,30+/m1/s1. The van der Waals surface area contributed by atoms with Crippen molar-refractivity contribution in [3.63, 3.8) is 0 Å². The van der Waals surface area contributed by atoms with Crippen LogP contribution >= 0.6 is 23.2 Å². The van der Waals surface area contributed by atoms with Gasteiger partial charge < -0.3 is 21.3 Å². The third-order valence-electron chi connectivity index (χ3n) is 7.67. The largest absolute Gasteiger partial charge is 0.366 e. The summed E-state index contributed by atoms with van der Waals surface area (Å²) in [5.41, 5.74) is 5.84. The first kappa shape index (κ1) is 27.9. The van der Waals surface area contributed by atoms with Gasteiger partial charge in [0.05, 0.1) is 11.1 Å². The molecule has 40 heavy (non-hydrogen) atoms. The van der Waals surface area contributed by atoms with E-state index in [1.54, 1.807) is 42.5 Å². The van der Waals surface area contributed by atoms with Gasteiger partial charge in [0, 0.05) is 34.1 Å². The molecule has 0 unspecified atom stereocenters. The van der Waals surface area contributed by atoms with Crippen LogP contribution in [0.25, 0.3) is 0 Å². The Morgan fingerprint density at radius 2 is 1.82 bits per heavy atom. The smallest absolute Gasteiger partial charge is 0.322 e. The average molecular weight is 583 g/mol. The van der Waals surface area contributed by atoms with E-state index in [4.69, 9.17) is 28.9 Å². The third kappa shape index (κ3) is 4.69. The van der Waals surface area contributed by atoms with Crippen molar-refractivity contribution in [1.29, 1.82) is 0 Å². The van der Waals surface area contributed by atoms with Gasteiger partial charge in [0.15, 0.2) is 0 Å². The molecule has 5 rings (SSSR count). The fourth-order valence-electron chi connectivity index (χ4n) is 6.18. The number of hydrogen-bond acceptors (Lipinski definition) is 3. The first-order valence-electron chi connectivity index (χ1n) is 12.9. The summed E-state index contributed by atoms with van der Waals surface area (Å²) in [5, 5.41) is 6.15. The minimum absolute atomic E-state index is 0.107. The molecule has 0 radical (unpaired) electrons. The van der Waals surface area contributed by atoms with Crippen LogP contribution in [-0.2, 0) is 10.2 Å². The van der Waals surface area contributed by atoms with Gasteiger partial charge in [-0.05, 0) is 65.8 Å². The fourth-order valence-corrected chi connectivity index (χ4v) is 6.54. The second-order valence-corrected chi connectivity index (χ2v) is 12.4. The van der Waals surface area contributed by atoms with E-state index in [-0.39, 0.29) is 34.4 Å². The molecule has 1 fully saturated rings. The number of amides is 4. The topological polar surface area (TPSA) is 105 Å². The number of anilines is 2. The first-order chi connectivity index (χ1) is 18.8. The van der Waals surface area contributed by atoms with Crippen LogP contribution in [0, 0.1) is 17.2 Å². The SMILES string of the molecule is CC(C)(C)C[C@@H]1CN(C(=O)Nc2ccc(C(N)=O)cc2)[C@H](c2cccc(Cl)c2F)[C@]12C(=O)Nc1cc(Cl)ccc12. The highest BCUT2D eigenvalue weighted by molar-refractivity contribution is 6.31. The van der Waals surface area contributed by atoms with Crippen molar-refractivity contribution in [2.24, 2.45) is 17.1 Å². The molecule has 1 spiro atoms. The monoisotopic (exact) mass is 582 g/mol. The van der Waals surface area contributed by atoms with Crippen LogP contribution in [0.2, 0.25) is 10.0 Å². The third-order valence-corrected chi connectivity index (χ3v) is 8.20.